The second kappa shape index (κ2) is 6.16. The number of para-hydroxylation sites is 1. The normalized spacial score (nSPS) is 19.0. The van der Waals surface area contributed by atoms with Gasteiger partial charge < -0.3 is 14.3 Å². The van der Waals surface area contributed by atoms with Crippen molar-refractivity contribution in [2.24, 2.45) is 0 Å². The molecular formula is C18H18N2O2S. The number of aromatic nitrogens is 1. The maximum absolute atomic E-state index is 12.9. The Kier molecular flexibility index (Phi) is 3.87. The van der Waals surface area contributed by atoms with Gasteiger partial charge in [-0.25, -0.2) is 0 Å². The number of carbonyl (C=O) groups is 1. The van der Waals surface area contributed by atoms with Crippen LogP contribution in [0, 0.1) is 0 Å². The minimum absolute atomic E-state index is 0.114. The molecule has 3 aromatic rings. The van der Waals surface area contributed by atoms with E-state index in [2.05, 4.69) is 4.98 Å². The molecule has 1 N–H and O–H groups in total. The van der Waals surface area contributed by atoms with Gasteiger partial charge in [-0.05, 0) is 24.6 Å². The molecule has 118 valence electrons. The first kappa shape index (κ1) is 14.5. The Labute approximate surface area is 138 Å². The Morgan fingerprint density at radius 1 is 1.22 bits per heavy atom. The zero-order chi connectivity index (χ0) is 15.6. The van der Waals surface area contributed by atoms with Crippen LogP contribution in [0.2, 0.25) is 0 Å². The number of hydrogen-bond acceptors (Lipinski definition) is 3. The fourth-order valence-electron chi connectivity index (χ4n) is 3.09. The molecular weight excluding hydrogens is 308 g/mol. The number of nitrogens with zero attached hydrogens (tertiary/aromatic N) is 1. The van der Waals surface area contributed by atoms with Gasteiger partial charge in [-0.1, -0.05) is 18.2 Å². The molecule has 5 heteroatoms. The topological polar surface area (TPSA) is 49.2 Å². The highest BCUT2D eigenvalue weighted by molar-refractivity contribution is 7.99. The Bertz CT molecular complexity index is 809. The van der Waals surface area contributed by atoms with Gasteiger partial charge >= 0.3 is 0 Å². The van der Waals surface area contributed by atoms with E-state index < -0.39 is 0 Å². The fraction of sp³-hybridized carbons (Fsp3) is 0.278. The zero-order valence-corrected chi connectivity index (χ0v) is 13.5. The number of aromatic amines is 1. The SMILES string of the molecule is O=C(c1c[nH]c2ccccc12)N1CCSC(c2ccco2)CC1. The molecule has 1 amide bonds. The van der Waals surface area contributed by atoms with Crippen LogP contribution in [-0.2, 0) is 0 Å². The molecule has 23 heavy (non-hydrogen) atoms. The van der Waals surface area contributed by atoms with Gasteiger partial charge in [0.1, 0.15) is 5.76 Å². The van der Waals surface area contributed by atoms with Crippen LogP contribution in [0.15, 0.2) is 53.3 Å². The largest absolute Gasteiger partial charge is 0.468 e. The van der Waals surface area contributed by atoms with Crippen molar-refractivity contribution in [3.8, 4) is 0 Å². The van der Waals surface area contributed by atoms with E-state index >= 15 is 0 Å². The van der Waals surface area contributed by atoms with Crippen molar-refractivity contribution in [1.82, 2.24) is 9.88 Å². The van der Waals surface area contributed by atoms with Crippen molar-refractivity contribution < 1.29 is 9.21 Å². The molecule has 3 heterocycles. The average molecular weight is 326 g/mol. The van der Waals surface area contributed by atoms with Crippen LogP contribution in [0.1, 0.15) is 27.8 Å². The summed E-state index contributed by atoms with van der Waals surface area (Å²) < 4.78 is 5.52. The maximum Gasteiger partial charge on any atom is 0.256 e. The van der Waals surface area contributed by atoms with Crippen LogP contribution < -0.4 is 0 Å². The summed E-state index contributed by atoms with van der Waals surface area (Å²) in [4.78, 5) is 18.0. The minimum Gasteiger partial charge on any atom is -0.468 e. The molecule has 0 radical (unpaired) electrons. The summed E-state index contributed by atoms with van der Waals surface area (Å²) in [6.45, 7) is 1.54. The smallest absolute Gasteiger partial charge is 0.256 e. The summed E-state index contributed by atoms with van der Waals surface area (Å²) in [5, 5.41) is 1.34. The van der Waals surface area contributed by atoms with Gasteiger partial charge in [-0.15, -0.1) is 11.8 Å². The molecule has 2 aromatic heterocycles. The average Bonchev–Trinajstić information content (AvgIpc) is 3.19. The second-order valence-electron chi connectivity index (χ2n) is 5.70. The standard InChI is InChI=1S/C18H18N2O2S/c21-18(14-12-19-15-5-2-1-4-13(14)15)20-8-7-17(23-11-9-20)16-6-3-10-22-16/h1-6,10,12,17,19H,7-9,11H2. The number of furan rings is 1. The third kappa shape index (κ3) is 2.77. The van der Waals surface area contributed by atoms with Gasteiger partial charge in [0.2, 0.25) is 0 Å². The van der Waals surface area contributed by atoms with Crippen LogP contribution in [0.5, 0.6) is 0 Å². The zero-order valence-electron chi connectivity index (χ0n) is 12.7. The summed E-state index contributed by atoms with van der Waals surface area (Å²) >= 11 is 1.87. The Balaban J connectivity index is 1.53. The molecule has 0 bridgehead atoms. The lowest BCUT2D eigenvalue weighted by atomic mass is 10.1. The van der Waals surface area contributed by atoms with Crippen LogP contribution in [-0.4, -0.2) is 34.6 Å². The first-order chi connectivity index (χ1) is 11.3. The summed E-state index contributed by atoms with van der Waals surface area (Å²) in [5.41, 5.74) is 1.77. The van der Waals surface area contributed by atoms with E-state index in [0.717, 1.165) is 47.5 Å². The molecule has 0 saturated carbocycles. The number of fused-ring (bicyclic) bond motifs is 1. The highest BCUT2D eigenvalue weighted by atomic mass is 32.2. The number of carbonyl (C=O) groups excluding carboxylic acids is 1. The van der Waals surface area contributed by atoms with E-state index in [1.807, 2.05) is 59.3 Å². The number of H-pyrrole nitrogens is 1. The van der Waals surface area contributed by atoms with E-state index in [-0.39, 0.29) is 5.91 Å². The van der Waals surface area contributed by atoms with Gasteiger partial charge in [-0.2, -0.15) is 0 Å². The first-order valence-corrected chi connectivity index (χ1v) is 8.88. The van der Waals surface area contributed by atoms with Crippen molar-refractivity contribution in [2.75, 3.05) is 18.8 Å². The van der Waals surface area contributed by atoms with Gasteiger partial charge in [0.25, 0.3) is 5.91 Å². The molecule has 4 nitrogen and oxygen atoms in total. The van der Waals surface area contributed by atoms with Crippen LogP contribution in [0.3, 0.4) is 0 Å². The molecule has 1 aliphatic rings. The number of nitrogens with one attached hydrogen (secondary N) is 1. The van der Waals surface area contributed by atoms with Crippen LogP contribution in [0.4, 0.5) is 0 Å². The Morgan fingerprint density at radius 3 is 3.00 bits per heavy atom. The number of amides is 1. The molecule has 1 fully saturated rings. The number of thioether (sulfide) groups is 1. The fourth-order valence-corrected chi connectivity index (χ4v) is 4.27. The van der Waals surface area contributed by atoms with Gasteiger partial charge in [0.05, 0.1) is 17.1 Å². The van der Waals surface area contributed by atoms with Crippen molar-refractivity contribution in [1.29, 1.82) is 0 Å². The molecule has 0 spiro atoms. The molecule has 4 rings (SSSR count). The van der Waals surface area contributed by atoms with Crippen molar-refractivity contribution in [3.05, 3.63) is 60.2 Å². The highest BCUT2D eigenvalue weighted by Gasteiger charge is 2.25. The lowest BCUT2D eigenvalue weighted by Gasteiger charge is -2.19. The molecule has 1 unspecified atom stereocenters. The molecule has 1 atom stereocenters. The molecule has 1 aromatic carbocycles. The predicted octanol–water partition coefficient (Wildman–Crippen LogP) is 4.08. The van der Waals surface area contributed by atoms with Gasteiger partial charge in [-0.3, -0.25) is 4.79 Å². The summed E-state index contributed by atoms with van der Waals surface area (Å²) in [5.74, 6) is 2.05. The van der Waals surface area contributed by atoms with E-state index in [1.165, 1.54) is 0 Å². The van der Waals surface area contributed by atoms with Crippen LogP contribution >= 0.6 is 11.8 Å². The summed E-state index contributed by atoms with van der Waals surface area (Å²) in [6, 6.07) is 11.9. The second-order valence-corrected chi connectivity index (χ2v) is 7.01. The lowest BCUT2D eigenvalue weighted by Crippen LogP contribution is -2.32. The third-order valence-electron chi connectivity index (χ3n) is 4.31. The molecule has 1 saturated heterocycles. The lowest BCUT2D eigenvalue weighted by molar-refractivity contribution is 0.0768. The predicted molar refractivity (Wildman–Crippen MR) is 92.7 cm³/mol. The van der Waals surface area contributed by atoms with Crippen LogP contribution in [0.25, 0.3) is 10.9 Å². The molecule has 0 aliphatic carbocycles. The third-order valence-corrected chi connectivity index (χ3v) is 5.60. The number of hydrogen-bond donors (Lipinski definition) is 1. The highest BCUT2D eigenvalue weighted by Crippen LogP contribution is 2.35. The van der Waals surface area contributed by atoms with E-state index in [0.29, 0.717) is 5.25 Å². The quantitative estimate of drug-likeness (QED) is 0.772. The van der Waals surface area contributed by atoms with Crippen molar-refractivity contribution >= 4 is 28.6 Å². The number of rotatable bonds is 2. The Morgan fingerprint density at radius 2 is 2.13 bits per heavy atom. The molecule has 1 aliphatic heterocycles. The minimum atomic E-state index is 0.114. The van der Waals surface area contributed by atoms with Gasteiger partial charge in [0.15, 0.2) is 0 Å². The Hall–Kier alpha value is -2.14. The van der Waals surface area contributed by atoms with Gasteiger partial charge in [0, 0.05) is 35.9 Å². The van der Waals surface area contributed by atoms with E-state index in [9.17, 15) is 4.79 Å². The van der Waals surface area contributed by atoms with Crippen molar-refractivity contribution in [2.45, 2.75) is 11.7 Å². The number of benzene rings is 1. The summed E-state index contributed by atoms with van der Waals surface area (Å²) in [6.07, 6.45) is 4.47. The first-order valence-electron chi connectivity index (χ1n) is 7.83. The van der Waals surface area contributed by atoms with E-state index in [1.54, 1.807) is 6.26 Å². The van der Waals surface area contributed by atoms with E-state index in [4.69, 9.17) is 4.42 Å². The maximum atomic E-state index is 12.9. The monoisotopic (exact) mass is 326 g/mol. The van der Waals surface area contributed by atoms with Crippen molar-refractivity contribution in [3.63, 3.8) is 0 Å². The summed E-state index contributed by atoms with van der Waals surface area (Å²) in [7, 11) is 0.